The lowest BCUT2D eigenvalue weighted by atomic mass is 10.0. The van der Waals surface area contributed by atoms with Gasteiger partial charge in [0.1, 0.15) is 0 Å². The fraction of sp³-hybridized carbons (Fsp3) is 0.214. The molecule has 0 amide bonds. The second-order valence-electron chi connectivity index (χ2n) is 4.43. The second-order valence-corrected chi connectivity index (χ2v) is 5.40. The molecule has 0 radical (unpaired) electrons. The van der Waals surface area contributed by atoms with E-state index in [0.717, 1.165) is 16.5 Å². The highest BCUT2D eigenvalue weighted by atomic mass is 32.2. The number of hydrogen-bond donors (Lipinski definition) is 1. The summed E-state index contributed by atoms with van der Waals surface area (Å²) in [6.45, 7) is 0.00141. The first kappa shape index (κ1) is 13.6. The van der Waals surface area contributed by atoms with E-state index in [-0.39, 0.29) is 11.4 Å². The van der Waals surface area contributed by atoms with E-state index in [1.807, 2.05) is 49.3 Å². The minimum atomic E-state index is -2.30. The minimum absolute atomic E-state index is 0.00141. The van der Waals surface area contributed by atoms with E-state index < -0.39 is 10.3 Å². The SMILES string of the molecule is CN(C)c1cccc2c(C(CN)=S(=O)=O)cccc12. The smallest absolute Gasteiger partial charge is 0.219 e. The van der Waals surface area contributed by atoms with Crippen LogP contribution in [0, 0.1) is 0 Å². The van der Waals surface area contributed by atoms with E-state index in [4.69, 9.17) is 5.73 Å². The van der Waals surface area contributed by atoms with Crippen LogP contribution in [0.5, 0.6) is 0 Å². The van der Waals surface area contributed by atoms with Gasteiger partial charge in [-0.05, 0) is 11.5 Å². The van der Waals surface area contributed by atoms with Crippen molar-refractivity contribution < 1.29 is 8.42 Å². The molecule has 5 heteroatoms. The number of rotatable bonds is 3. The third kappa shape index (κ3) is 2.47. The average Bonchev–Trinajstić information content (AvgIpc) is 2.38. The van der Waals surface area contributed by atoms with Gasteiger partial charge in [0.25, 0.3) is 0 Å². The van der Waals surface area contributed by atoms with Crippen molar-refractivity contribution in [3.8, 4) is 0 Å². The maximum atomic E-state index is 11.3. The maximum Gasteiger partial charge on any atom is 0.219 e. The van der Waals surface area contributed by atoms with Gasteiger partial charge in [-0.1, -0.05) is 30.3 Å². The molecule has 2 aromatic rings. The molecule has 0 aromatic heterocycles. The molecule has 4 nitrogen and oxygen atoms in total. The van der Waals surface area contributed by atoms with Gasteiger partial charge in [0.2, 0.25) is 10.3 Å². The molecule has 0 saturated heterocycles. The number of nitrogens with two attached hydrogens (primary N) is 1. The Morgan fingerprint density at radius 2 is 1.74 bits per heavy atom. The summed E-state index contributed by atoms with van der Waals surface area (Å²) in [5, 5.41) is 1.92. The van der Waals surface area contributed by atoms with E-state index in [0.29, 0.717) is 5.56 Å². The quantitative estimate of drug-likeness (QED) is 0.677. The predicted molar refractivity (Wildman–Crippen MR) is 80.4 cm³/mol. The molecule has 0 fully saturated rings. The van der Waals surface area contributed by atoms with E-state index >= 15 is 0 Å². The average molecular weight is 276 g/mol. The van der Waals surface area contributed by atoms with Gasteiger partial charge in [0.15, 0.2) is 0 Å². The van der Waals surface area contributed by atoms with E-state index in [2.05, 4.69) is 0 Å². The molecular formula is C14H16N2O2S. The van der Waals surface area contributed by atoms with Gasteiger partial charge in [0.05, 0.1) is 4.86 Å². The highest BCUT2D eigenvalue weighted by molar-refractivity contribution is 7.73. The van der Waals surface area contributed by atoms with Crippen LogP contribution in [0.25, 0.3) is 10.8 Å². The number of fused-ring (bicyclic) bond motifs is 1. The van der Waals surface area contributed by atoms with Crippen LogP contribution in [0.4, 0.5) is 5.69 Å². The lowest BCUT2D eigenvalue weighted by Gasteiger charge is -2.16. The Bertz CT molecular complexity index is 741. The molecule has 0 aliphatic heterocycles. The highest BCUT2D eigenvalue weighted by Crippen LogP contribution is 2.28. The van der Waals surface area contributed by atoms with Gasteiger partial charge in [-0.25, -0.2) is 0 Å². The molecule has 0 aliphatic carbocycles. The second kappa shape index (κ2) is 5.42. The molecule has 0 saturated carbocycles. The zero-order valence-electron chi connectivity index (χ0n) is 10.9. The Morgan fingerprint density at radius 1 is 1.11 bits per heavy atom. The Kier molecular flexibility index (Phi) is 3.87. The molecular weight excluding hydrogens is 260 g/mol. The van der Waals surface area contributed by atoms with Crippen LogP contribution in [-0.2, 0) is 10.3 Å². The number of nitrogens with zero attached hydrogens (tertiary/aromatic N) is 1. The number of hydrogen-bond acceptors (Lipinski definition) is 4. The van der Waals surface area contributed by atoms with Crippen LogP contribution >= 0.6 is 0 Å². The maximum absolute atomic E-state index is 11.3. The third-order valence-electron chi connectivity index (χ3n) is 3.07. The Labute approximate surface area is 114 Å². The van der Waals surface area contributed by atoms with Gasteiger partial charge in [-0.3, -0.25) is 0 Å². The Balaban J connectivity index is 2.86. The summed E-state index contributed by atoms with van der Waals surface area (Å²) in [4.78, 5) is 2.24. The monoisotopic (exact) mass is 276 g/mol. The van der Waals surface area contributed by atoms with Crippen LogP contribution < -0.4 is 10.6 Å². The lowest BCUT2D eigenvalue weighted by Crippen LogP contribution is -2.16. The number of benzene rings is 2. The summed E-state index contributed by atoms with van der Waals surface area (Å²) < 4.78 is 22.5. The fourth-order valence-corrected chi connectivity index (χ4v) is 2.69. The van der Waals surface area contributed by atoms with E-state index in [9.17, 15) is 8.42 Å². The van der Waals surface area contributed by atoms with Crippen LogP contribution in [-0.4, -0.2) is 33.9 Å². The zero-order valence-corrected chi connectivity index (χ0v) is 11.7. The predicted octanol–water partition coefficient (Wildman–Crippen LogP) is 1.26. The molecule has 0 heterocycles. The van der Waals surface area contributed by atoms with Crippen LogP contribution in [0.2, 0.25) is 0 Å². The molecule has 2 N–H and O–H groups in total. The fourth-order valence-electron chi connectivity index (χ4n) is 2.19. The summed E-state index contributed by atoms with van der Waals surface area (Å²) in [7, 11) is 1.62. The van der Waals surface area contributed by atoms with Crippen molar-refractivity contribution in [1.82, 2.24) is 0 Å². The summed E-state index contributed by atoms with van der Waals surface area (Å²) in [5.41, 5.74) is 7.28. The van der Waals surface area contributed by atoms with E-state index in [1.165, 1.54) is 0 Å². The topological polar surface area (TPSA) is 63.4 Å². The van der Waals surface area contributed by atoms with Crippen LogP contribution in [0.15, 0.2) is 36.4 Å². The molecule has 0 aliphatic rings. The van der Waals surface area contributed by atoms with Crippen molar-refractivity contribution in [1.29, 1.82) is 0 Å². The zero-order chi connectivity index (χ0) is 14.0. The Hall–Kier alpha value is -1.85. The summed E-state index contributed by atoms with van der Waals surface area (Å²) in [5.74, 6) is 0. The first-order valence-corrected chi connectivity index (χ1v) is 6.98. The van der Waals surface area contributed by atoms with Crippen molar-refractivity contribution in [3.05, 3.63) is 42.0 Å². The molecule has 0 spiro atoms. The normalized spacial score (nSPS) is 10.5. The van der Waals surface area contributed by atoms with Crippen molar-refractivity contribution >= 4 is 31.6 Å². The van der Waals surface area contributed by atoms with Crippen molar-refractivity contribution in [3.63, 3.8) is 0 Å². The van der Waals surface area contributed by atoms with Crippen molar-refractivity contribution in [2.45, 2.75) is 0 Å². The van der Waals surface area contributed by atoms with Crippen molar-refractivity contribution in [2.75, 3.05) is 25.5 Å². The molecule has 0 unspecified atom stereocenters. The van der Waals surface area contributed by atoms with Crippen molar-refractivity contribution in [2.24, 2.45) is 5.73 Å². The molecule has 2 rings (SSSR count). The Morgan fingerprint density at radius 3 is 2.32 bits per heavy atom. The van der Waals surface area contributed by atoms with Gasteiger partial charge in [0, 0.05) is 37.3 Å². The molecule has 100 valence electrons. The third-order valence-corrected chi connectivity index (χ3v) is 3.86. The van der Waals surface area contributed by atoms with Gasteiger partial charge in [-0.15, -0.1) is 0 Å². The minimum Gasteiger partial charge on any atom is -0.377 e. The van der Waals surface area contributed by atoms with E-state index in [1.54, 1.807) is 6.07 Å². The highest BCUT2D eigenvalue weighted by Gasteiger charge is 2.10. The van der Waals surface area contributed by atoms with Crippen LogP contribution in [0.1, 0.15) is 5.56 Å². The summed E-state index contributed by atoms with van der Waals surface area (Å²) in [6.07, 6.45) is 0. The van der Waals surface area contributed by atoms with Gasteiger partial charge >= 0.3 is 0 Å². The largest absolute Gasteiger partial charge is 0.377 e. The molecule has 0 atom stereocenters. The van der Waals surface area contributed by atoms with Gasteiger partial charge < -0.3 is 10.6 Å². The summed E-state index contributed by atoms with van der Waals surface area (Å²) >= 11 is 0. The van der Waals surface area contributed by atoms with Crippen LogP contribution in [0.3, 0.4) is 0 Å². The standard InChI is InChI=1S/C14H16N2O2S/c1-16(2)13-8-4-5-10-11(13)6-3-7-12(10)14(9-15)19(17)18/h3-8H,9,15H2,1-2H3. The molecule has 0 bridgehead atoms. The molecule has 19 heavy (non-hydrogen) atoms. The summed E-state index contributed by atoms with van der Waals surface area (Å²) in [6, 6.07) is 11.5. The first-order valence-electron chi connectivity index (χ1n) is 5.91. The first-order chi connectivity index (χ1) is 9.06. The number of anilines is 1. The lowest BCUT2D eigenvalue weighted by molar-refractivity contribution is 0.627. The van der Waals surface area contributed by atoms with Gasteiger partial charge in [-0.2, -0.15) is 8.42 Å². The molecule has 2 aromatic carbocycles.